The average molecular weight is 158 g/mol. The van der Waals surface area contributed by atoms with E-state index in [1.165, 1.54) is 0 Å². The van der Waals surface area contributed by atoms with Crippen LogP contribution in [0.25, 0.3) is 0 Å². The van der Waals surface area contributed by atoms with Crippen molar-refractivity contribution in [2.45, 2.75) is 32.5 Å². The van der Waals surface area contributed by atoms with Gasteiger partial charge in [-0.05, 0) is 13.3 Å². The lowest BCUT2D eigenvalue weighted by Crippen LogP contribution is -2.25. The summed E-state index contributed by atoms with van der Waals surface area (Å²) in [6, 6.07) is 0. The fourth-order valence-electron chi connectivity index (χ4n) is 1.02. The van der Waals surface area contributed by atoms with Crippen LogP contribution in [0.3, 0.4) is 0 Å². The van der Waals surface area contributed by atoms with Gasteiger partial charge in [0.15, 0.2) is 6.29 Å². The van der Waals surface area contributed by atoms with Crippen LogP contribution in [0.1, 0.15) is 26.2 Å². The second-order valence-electron chi connectivity index (χ2n) is 2.77. The minimum Gasteiger partial charge on any atom is -0.353 e. The lowest BCUT2D eigenvalue weighted by molar-refractivity contribution is -0.182. The number of Topliss-reactive ketones (excluding diaryl/α,β-unsaturated/α-hetero) is 1. The van der Waals surface area contributed by atoms with Gasteiger partial charge in [0.1, 0.15) is 5.78 Å². The highest BCUT2D eigenvalue weighted by Crippen LogP contribution is 2.10. The zero-order chi connectivity index (χ0) is 8.10. The Morgan fingerprint density at radius 3 is 2.64 bits per heavy atom. The third-order valence-electron chi connectivity index (χ3n) is 1.63. The molecule has 0 unspecified atom stereocenters. The van der Waals surface area contributed by atoms with Crippen molar-refractivity contribution in [1.29, 1.82) is 0 Å². The molecular formula is C8H14O3. The van der Waals surface area contributed by atoms with Crippen molar-refractivity contribution in [1.82, 2.24) is 0 Å². The minimum absolute atomic E-state index is 0.132. The van der Waals surface area contributed by atoms with Crippen molar-refractivity contribution < 1.29 is 14.3 Å². The molecule has 0 aromatic carbocycles. The molecule has 1 saturated heterocycles. The normalized spacial score (nSPS) is 20.1. The molecule has 0 atom stereocenters. The molecule has 3 heteroatoms. The van der Waals surface area contributed by atoms with E-state index >= 15 is 0 Å². The molecule has 1 heterocycles. The van der Waals surface area contributed by atoms with E-state index in [0.29, 0.717) is 12.8 Å². The Morgan fingerprint density at radius 1 is 1.45 bits per heavy atom. The minimum atomic E-state index is -0.132. The molecule has 1 rings (SSSR count). The molecule has 0 aromatic rings. The van der Waals surface area contributed by atoms with E-state index in [-0.39, 0.29) is 12.1 Å². The fourth-order valence-corrected chi connectivity index (χ4v) is 1.02. The summed E-state index contributed by atoms with van der Waals surface area (Å²) in [7, 11) is 0. The van der Waals surface area contributed by atoms with Crippen LogP contribution in [-0.2, 0) is 14.3 Å². The van der Waals surface area contributed by atoms with Crippen LogP contribution in [0, 0.1) is 0 Å². The van der Waals surface area contributed by atoms with Crippen molar-refractivity contribution in [3.63, 3.8) is 0 Å². The van der Waals surface area contributed by atoms with Crippen molar-refractivity contribution in [3.05, 3.63) is 0 Å². The highest BCUT2D eigenvalue weighted by molar-refractivity contribution is 5.75. The van der Waals surface area contributed by atoms with Gasteiger partial charge in [-0.15, -0.1) is 0 Å². The summed E-state index contributed by atoms with van der Waals surface area (Å²) in [5, 5.41) is 0. The lowest BCUT2D eigenvalue weighted by Gasteiger charge is -2.22. The van der Waals surface area contributed by atoms with Gasteiger partial charge in [0.2, 0.25) is 0 Å². The monoisotopic (exact) mass is 158 g/mol. The predicted molar refractivity (Wildman–Crippen MR) is 40.2 cm³/mol. The number of hydrogen-bond acceptors (Lipinski definition) is 3. The smallest absolute Gasteiger partial charge is 0.157 e. The van der Waals surface area contributed by atoms with E-state index in [1.54, 1.807) is 6.92 Å². The molecule has 64 valence electrons. The van der Waals surface area contributed by atoms with E-state index < -0.39 is 0 Å². The summed E-state index contributed by atoms with van der Waals surface area (Å²) >= 11 is 0. The molecule has 0 bridgehead atoms. The molecule has 0 saturated carbocycles. The first-order valence-corrected chi connectivity index (χ1v) is 4.01. The molecule has 0 radical (unpaired) electrons. The maximum atomic E-state index is 10.6. The summed E-state index contributed by atoms with van der Waals surface area (Å²) in [5.74, 6) is 0.197. The summed E-state index contributed by atoms with van der Waals surface area (Å²) in [4.78, 5) is 10.6. The number of ether oxygens (including phenoxy) is 2. The molecule has 1 aliphatic rings. The van der Waals surface area contributed by atoms with Gasteiger partial charge >= 0.3 is 0 Å². The Morgan fingerprint density at radius 2 is 2.09 bits per heavy atom. The van der Waals surface area contributed by atoms with Crippen LogP contribution in [0.5, 0.6) is 0 Å². The van der Waals surface area contributed by atoms with Crippen LogP contribution >= 0.6 is 0 Å². The maximum Gasteiger partial charge on any atom is 0.157 e. The van der Waals surface area contributed by atoms with E-state index in [4.69, 9.17) is 9.47 Å². The topological polar surface area (TPSA) is 35.5 Å². The van der Waals surface area contributed by atoms with Crippen molar-refractivity contribution in [2.24, 2.45) is 0 Å². The van der Waals surface area contributed by atoms with Crippen molar-refractivity contribution in [3.8, 4) is 0 Å². The Labute approximate surface area is 66.7 Å². The largest absolute Gasteiger partial charge is 0.353 e. The van der Waals surface area contributed by atoms with Gasteiger partial charge in [-0.25, -0.2) is 0 Å². The second-order valence-corrected chi connectivity index (χ2v) is 2.77. The third kappa shape index (κ3) is 3.49. The lowest BCUT2D eigenvalue weighted by atomic mass is 10.2. The first-order chi connectivity index (χ1) is 5.29. The molecule has 3 nitrogen and oxygen atoms in total. The van der Waals surface area contributed by atoms with Gasteiger partial charge in [0.05, 0.1) is 13.2 Å². The molecule has 0 spiro atoms. The SMILES string of the molecule is CC(=O)CCC1OCCCO1. The first kappa shape index (κ1) is 8.68. The molecule has 11 heavy (non-hydrogen) atoms. The van der Waals surface area contributed by atoms with Crippen LogP contribution < -0.4 is 0 Å². The first-order valence-electron chi connectivity index (χ1n) is 4.01. The maximum absolute atomic E-state index is 10.6. The van der Waals surface area contributed by atoms with Gasteiger partial charge in [-0.1, -0.05) is 0 Å². The van der Waals surface area contributed by atoms with E-state index in [1.807, 2.05) is 0 Å². The number of rotatable bonds is 3. The summed E-state index contributed by atoms with van der Waals surface area (Å²) in [5.41, 5.74) is 0. The molecular weight excluding hydrogens is 144 g/mol. The second kappa shape index (κ2) is 4.46. The van der Waals surface area contributed by atoms with E-state index in [0.717, 1.165) is 19.6 Å². The number of carbonyl (C=O) groups is 1. The Hall–Kier alpha value is -0.410. The van der Waals surface area contributed by atoms with Crippen molar-refractivity contribution >= 4 is 5.78 Å². The van der Waals surface area contributed by atoms with Crippen LogP contribution in [0.4, 0.5) is 0 Å². The van der Waals surface area contributed by atoms with E-state index in [2.05, 4.69) is 0 Å². The fraction of sp³-hybridized carbons (Fsp3) is 0.875. The summed E-state index contributed by atoms with van der Waals surface area (Å²) in [6.07, 6.45) is 2.10. The summed E-state index contributed by atoms with van der Waals surface area (Å²) in [6.45, 7) is 3.12. The van der Waals surface area contributed by atoms with Crippen molar-refractivity contribution in [2.75, 3.05) is 13.2 Å². The summed E-state index contributed by atoms with van der Waals surface area (Å²) < 4.78 is 10.5. The van der Waals surface area contributed by atoms with Gasteiger partial charge in [0, 0.05) is 12.8 Å². The molecule has 0 aliphatic carbocycles. The molecule has 1 aliphatic heterocycles. The Bertz CT molecular complexity index is 127. The zero-order valence-corrected chi connectivity index (χ0v) is 6.84. The number of carbonyl (C=O) groups excluding carboxylic acids is 1. The standard InChI is InChI=1S/C8H14O3/c1-7(9)3-4-8-10-5-2-6-11-8/h8H,2-6H2,1H3. The number of hydrogen-bond donors (Lipinski definition) is 0. The highest BCUT2D eigenvalue weighted by atomic mass is 16.7. The zero-order valence-electron chi connectivity index (χ0n) is 6.84. The molecule has 0 aromatic heterocycles. The van der Waals surface area contributed by atoms with Gasteiger partial charge in [-0.3, -0.25) is 0 Å². The Balaban J connectivity index is 2.09. The third-order valence-corrected chi connectivity index (χ3v) is 1.63. The van der Waals surface area contributed by atoms with Gasteiger partial charge in [-0.2, -0.15) is 0 Å². The van der Waals surface area contributed by atoms with Gasteiger partial charge in [0.25, 0.3) is 0 Å². The molecule has 1 fully saturated rings. The average Bonchev–Trinajstić information content (AvgIpc) is 2.03. The Kier molecular flexibility index (Phi) is 3.52. The molecule has 0 N–H and O–H groups in total. The number of ketones is 1. The van der Waals surface area contributed by atoms with Crippen LogP contribution in [0.2, 0.25) is 0 Å². The van der Waals surface area contributed by atoms with Crippen LogP contribution in [0.15, 0.2) is 0 Å². The van der Waals surface area contributed by atoms with E-state index in [9.17, 15) is 4.79 Å². The quantitative estimate of drug-likeness (QED) is 0.617. The van der Waals surface area contributed by atoms with Crippen LogP contribution in [-0.4, -0.2) is 25.3 Å². The highest BCUT2D eigenvalue weighted by Gasteiger charge is 2.13. The molecule has 0 amide bonds. The predicted octanol–water partition coefficient (Wildman–Crippen LogP) is 1.12. The van der Waals surface area contributed by atoms with Gasteiger partial charge < -0.3 is 14.3 Å².